The molecule has 12 nitrogen and oxygen atoms in total. The van der Waals surface area contributed by atoms with Gasteiger partial charge in [-0.1, -0.05) is 37.3 Å². The topological polar surface area (TPSA) is 178 Å². The summed E-state index contributed by atoms with van der Waals surface area (Å²) in [5, 5.41) is 28.9. The van der Waals surface area contributed by atoms with Crippen molar-refractivity contribution in [2.45, 2.75) is 76.6 Å². The molecule has 1 aliphatic carbocycles. The van der Waals surface area contributed by atoms with Crippen LogP contribution in [0.2, 0.25) is 0 Å². The number of ether oxygens (including phenoxy) is 2. The molecule has 2 aliphatic heterocycles. The lowest BCUT2D eigenvalue weighted by atomic mass is 9.81. The predicted molar refractivity (Wildman–Crippen MR) is 177 cm³/mol. The number of rotatable bonds is 10. The molecule has 0 saturated heterocycles. The molecule has 2 aromatic heterocycles. The van der Waals surface area contributed by atoms with Crippen molar-refractivity contribution in [1.29, 1.82) is 0 Å². The number of fused-ring (bicyclic) bond motifs is 5. The Kier molecular flexibility index (Phi) is 8.57. The van der Waals surface area contributed by atoms with Gasteiger partial charge in [0.25, 0.3) is 5.56 Å². The van der Waals surface area contributed by atoms with Crippen LogP contribution in [0.5, 0.6) is 0 Å². The summed E-state index contributed by atoms with van der Waals surface area (Å²) < 4.78 is 27.5. The fourth-order valence-electron chi connectivity index (χ4n) is 7.39. The highest BCUT2D eigenvalue weighted by Crippen LogP contribution is 2.46. The van der Waals surface area contributed by atoms with Crippen LogP contribution in [0, 0.1) is 12.7 Å². The van der Waals surface area contributed by atoms with Crippen LogP contribution in [-0.4, -0.2) is 57.2 Å². The van der Waals surface area contributed by atoms with Gasteiger partial charge in [0.1, 0.15) is 25.4 Å². The van der Waals surface area contributed by atoms with Gasteiger partial charge in [0.05, 0.1) is 41.7 Å². The van der Waals surface area contributed by atoms with E-state index in [4.69, 9.17) is 20.2 Å². The first kappa shape index (κ1) is 33.0. The van der Waals surface area contributed by atoms with E-state index in [1.165, 1.54) is 6.07 Å². The van der Waals surface area contributed by atoms with Gasteiger partial charge in [-0.05, 0) is 60.9 Å². The van der Waals surface area contributed by atoms with Crippen LogP contribution in [0.25, 0.3) is 22.3 Å². The second-order valence-electron chi connectivity index (χ2n) is 12.9. The Morgan fingerprint density at radius 3 is 2.76 bits per heavy atom. The number of aliphatic hydroxyl groups is 2. The zero-order chi connectivity index (χ0) is 34.6. The summed E-state index contributed by atoms with van der Waals surface area (Å²) in [7, 11) is 0. The van der Waals surface area contributed by atoms with Crippen LogP contribution < -0.4 is 21.9 Å². The van der Waals surface area contributed by atoms with Crippen LogP contribution in [-0.2, 0) is 50.7 Å². The molecular weight excluding hydrogens is 633 g/mol. The van der Waals surface area contributed by atoms with Gasteiger partial charge in [0, 0.05) is 28.6 Å². The van der Waals surface area contributed by atoms with E-state index >= 15 is 4.39 Å². The third-order valence-electron chi connectivity index (χ3n) is 10.0. The van der Waals surface area contributed by atoms with Crippen molar-refractivity contribution in [2.24, 2.45) is 5.73 Å². The first-order chi connectivity index (χ1) is 23.5. The third kappa shape index (κ3) is 5.61. The number of nitrogens with one attached hydrogen (secondary N) is 2. The number of carbonyl (C=O) groups excluding carboxylic acids is 2. The number of amides is 1. The Labute approximate surface area is 281 Å². The zero-order valence-electron chi connectivity index (χ0n) is 27.2. The minimum absolute atomic E-state index is 0.00888. The number of carbonyl (C=O) groups is 2. The van der Waals surface area contributed by atoms with Gasteiger partial charge in [0.2, 0.25) is 5.91 Å². The molecular formula is C36H38FN5O7. The van der Waals surface area contributed by atoms with Crippen molar-refractivity contribution >= 4 is 22.8 Å². The van der Waals surface area contributed by atoms with Crippen molar-refractivity contribution in [3.63, 3.8) is 0 Å². The number of hydrogen-bond donors (Lipinski definition) is 5. The van der Waals surface area contributed by atoms with E-state index < -0.39 is 41.3 Å². The fourth-order valence-corrected chi connectivity index (χ4v) is 7.39. The molecule has 7 rings (SSSR count). The summed E-state index contributed by atoms with van der Waals surface area (Å²) in [6, 6.07) is 11.3. The molecule has 6 N–H and O–H groups in total. The first-order valence-corrected chi connectivity index (χ1v) is 16.4. The molecule has 3 aliphatic rings. The summed E-state index contributed by atoms with van der Waals surface area (Å²) >= 11 is 0. The van der Waals surface area contributed by atoms with Gasteiger partial charge in [0.15, 0.2) is 5.60 Å². The lowest BCUT2D eigenvalue weighted by Crippen LogP contribution is -2.44. The lowest BCUT2D eigenvalue weighted by molar-refractivity contribution is -0.172. The molecule has 0 bridgehead atoms. The predicted octanol–water partition coefficient (Wildman–Crippen LogP) is 2.08. The normalized spacial score (nSPS) is 20.3. The van der Waals surface area contributed by atoms with Crippen molar-refractivity contribution in [2.75, 3.05) is 13.3 Å². The molecule has 4 aromatic rings. The minimum Gasteiger partial charge on any atom is -0.458 e. The highest BCUT2D eigenvalue weighted by molar-refractivity contribution is 5.93. The molecule has 13 heteroatoms. The van der Waals surface area contributed by atoms with Crippen LogP contribution in [0.1, 0.15) is 64.8 Å². The summed E-state index contributed by atoms with van der Waals surface area (Å²) in [6.45, 7) is 2.97. The van der Waals surface area contributed by atoms with Crippen molar-refractivity contribution in [3.8, 4) is 11.4 Å². The summed E-state index contributed by atoms with van der Waals surface area (Å²) in [5.74, 6) is -1.59. The Morgan fingerprint density at radius 1 is 1.22 bits per heavy atom. The number of nitrogens with two attached hydrogens (primary N) is 1. The molecule has 0 radical (unpaired) electrons. The van der Waals surface area contributed by atoms with E-state index in [9.17, 15) is 24.6 Å². The maximum atomic E-state index is 15.2. The quantitative estimate of drug-likeness (QED) is 0.0839. The molecule has 1 unspecified atom stereocenters. The number of aryl methyl sites for hydroxylation is 1. The van der Waals surface area contributed by atoms with Crippen LogP contribution in [0.3, 0.4) is 0 Å². The monoisotopic (exact) mass is 671 g/mol. The molecule has 0 saturated carbocycles. The molecule has 4 heterocycles. The van der Waals surface area contributed by atoms with Gasteiger partial charge in [-0.2, -0.15) is 0 Å². The van der Waals surface area contributed by atoms with Gasteiger partial charge in [-0.15, -0.1) is 0 Å². The van der Waals surface area contributed by atoms with Crippen LogP contribution in [0.15, 0.2) is 47.3 Å². The zero-order valence-corrected chi connectivity index (χ0v) is 27.2. The third-order valence-corrected chi connectivity index (χ3v) is 10.0. The van der Waals surface area contributed by atoms with E-state index in [1.54, 1.807) is 24.5 Å². The summed E-state index contributed by atoms with van der Waals surface area (Å²) in [4.78, 5) is 43.8. The number of pyridine rings is 2. The standard InChI is InChI=1S/C36H38FN5O7/c1-3-36(47)23-12-28-32-21(14-42(28)34(45)22(23)15-49-35(36)46)31-26(10-9-20-18(2)24(37)13-27(41-32)30(20)31)40-29(43)16-48-17-39-33(44)25(38)11-19-7-5-4-6-8-19/h4-8,12-13,25-26,29,40,43,47H,3,9-11,14-17,38H2,1-2H3,(H,39,44)/t25-,26-,29?,36-/m0/s1. The molecule has 0 spiro atoms. The SMILES string of the molecule is CC[C@@]1(O)C(=O)OCc2c1cc1n(c2=O)Cc2c-1nc1cc(F)c(C)c3c1c2[C@@H](NC(O)COCNC(=O)[C@@H](N)Cc1ccccc1)CC3. The Balaban J connectivity index is 1.15. The fraction of sp³-hybridized carbons (Fsp3) is 0.389. The molecule has 49 heavy (non-hydrogen) atoms. The molecule has 0 fully saturated rings. The number of cyclic esters (lactones) is 1. The average Bonchev–Trinajstić information content (AvgIpc) is 3.46. The van der Waals surface area contributed by atoms with Gasteiger partial charge in [-0.25, -0.2) is 14.2 Å². The van der Waals surface area contributed by atoms with Crippen molar-refractivity contribution in [1.82, 2.24) is 20.2 Å². The number of aliphatic hydroxyl groups excluding tert-OH is 1. The van der Waals surface area contributed by atoms with Gasteiger partial charge in [-0.3, -0.25) is 14.9 Å². The van der Waals surface area contributed by atoms with E-state index in [2.05, 4.69) is 10.6 Å². The highest BCUT2D eigenvalue weighted by atomic mass is 19.1. The Hall–Kier alpha value is -4.53. The smallest absolute Gasteiger partial charge is 0.343 e. The van der Waals surface area contributed by atoms with E-state index in [-0.39, 0.29) is 49.9 Å². The van der Waals surface area contributed by atoms with Crippen molar-refractivity contribution < 1.29 is 33.7 Å². The van der Waals surface area contributed by atoms with E-state index in [0.29, 0.717) is 41.7 Å². The highest BCUT2D eigenvalue weighted by Gasteiger charge is 2.46. The number of nitrogens with zero attached hydrogens (tertiary/aromatic N) is 2. The first-order valence-electron chi connectivity index (χ1n) is 16.4. The maximum absolute atomic E-state index is 15.2. The second kappa shape index (κ2) is 12.7. The Bertz CT molecular complexity index is 2050. The number of esters is 1. The maximum Gasteiger partial charge on any atom is 0.343 e. The number of benzene rings is 2. The molecule has 1 amide bonds. The van der Waals surface area contributed by atoms with E-state index in [0.717, 1.165) is 27.6 Å². The summed E-state index contributed by atoms with van der Waals surface area (Å²) in [5.41, 5.74) is 9.13. The van der Waals surface area contributed by atoms with E-state index in [1.807, 2.05) is 30.3 Å². The molecule has 256 valence electrons. The number of aromatic nitrogens is 2. The van der Waals surface area contributed by atoms with Gasteiger partial charge >= 0.3 is 5.97 Å². The molecule has 2 aromatic carbocycles. The molecule has 4 atom stereocenters. The Morgan fingerprint density at radius 2 is 2.00 bits per heavy atom. The van der Waals surface area contributed by atoms with Gasteiger partial charge < -0.3 is 35.3 Å². The lowest BCUT2D eigenvalue weighted by Gasteiger charge is -2.31. The van der Waals surface area contributed by atoms with Crippen LogP contribution in [0.4, 0.5) is 4.39 Å². The number of hydrogen-bond acceptors (Lipinski definition) is 10. The largest absolute Gasteiger partial charge is 0.458 e. The van der Waals surface area contributed by atoms with Crippen LogP contribution >= 0.6 is 0 Å². The minimum atomic E-state index is -1.98. The number of halogens is 1. The summed E-state index contributed by atoms with van der Waals surface area (Å²) in [6.07, 6.45) is 0.291. The average molecular weight is 672 g/mol. The second-order valence-corrected chi connectivity index (χ2v) is 12.9. The van der Waals surface area contributed by atoms with Crippen molar-refractivity contribution in [3.05, 3.63) is 97.6 Å².